The Morgan fingerprint density at radius 2 is 2.00 bits per heavy atom. The number of sulfone groups is 1. The van der Waals surface area contributed by atoms with E-state index in [1.807, 2.05) is 13.0 Å². The second kappa shape index (κ2) is 5.95. The highest BCUT2D eigenvalue weighted by molar-refractivity contribution is 7.91. The summed E-state index contributed by atoms with van der Waals surface area (Å²) in [6.07, 6.45) is 0.336. The molecule has 2 rings (SSSR count). The number of halogens is 3. The van der Waals surface area contributed by atoms with Gasteiger partial charge in [0.15, 0.2) is 9.84 Å². The maximum absolute atomic E-state index is 12.4. The molecule has 0 spiro atoms. The molecule has 4 nitrogen and oxygen atoms in total. The van der Waals surface area contributed by atoms with Gasteiger partial charge in [0.1, 0.15) is 0 Å². The highest BCUT2D eigenvalue weighted by atomic mass is 35.6. The summed E-state index contributed by atoms with van der Waals surface area (Å²) >= 11 is 17.1. The molecule has 1 aliphatic heterocycles. The molecule has 116 valence electrons. The van der Waals surface area contributed by atoms with Crippen molar-refractivity contribution >= 4 is 56.2 Å². The van der Waals surface area contributed by atoms with Gasteiger partial charge in [0.05, 0.1) is 17.5 Å². The smallest absolute Gasteiger partial charge is 0.279 e. The molecule has 1 saturated heterocycles. The highest BCUT2D eigenvalue weighted by Gasteiger charge is 2.42. The van der Waals surface area contributed by atoms with Crippen LogP contribution in [-0.4, -0.2) is 35.7 Å². The molecule has 0 bridgehead atoms. The minimum atomic E-state index is -3.16. The molecule has 1 amide bonds. The van der Waals surface area contributed by atoms with E-state index in [-0.39, 0.29) is 11.5 Å². The fraction of sp³-hybridized carbons (Fsp3) is 0.462. The fourth-order valence-electron chi connectivity index (χ4n) is 2.39. The van der Waals surface area contributed by atoms with Crippen molar-refractivity contribution in [2.75, 3.05) is 16.4 Å². The van der Waals surface area contributed by atoms with Crippen LogP contribution in [0.2, 0.25) is 0 Å². The molecule has 21 heavy (non-hydrogen) atoms. The van der Waals surface area contributed by atoms with E-state index in [1.54, 1.807) is 18.2 Å². The number of hydrogen-bond acceptors (Lipinski definition) is 3. The zero-order valence-corrected chi connectivity index (χ0v) is 14.3. The van der Waals surface area contributed by atoms with Crippen molar-refractivity contribution in [3.05, 3.63) is 29.8 Å². The second-order valence-electron chi connectivity index (χ2n) is 5.07. The number of carbonyl (C=O) groups is 1. The van der Waals surface area contributed by atoms with Crippen LogP contribution in [-0.2, 0) is 14.6 Å². The standard InChI is InChI=1S/C13H14Cl3NO3S/c1-9-3-2-4-10(7-9)17(12(18)13(14,15)16)11-5-6-21(19,20)8-11/h2-4,7,11H,5-6,8H2,1H3. The van der Waals surface area contributed by atoms with Crippen LogP contribution in [0.1, 0.15) is 12.0 Å². The third-order valence-corrected chi connectivity index (χ3v) is 5.55. The van der Waals surface area contributed by atoms with Gasteiger partial charge in [-0.25, -0.2) is 8.42 Å². The number of benzene rings is 1. The van der Waals surface area contributed by atoms with Crippen molar-refractivity contribution in [1.82, 2.24) is 0 Å². The lowest BCUT2D eigenvalue weighted by atomic mass is 10.1. The van der Waals surface area contributed by atoms with E-state index >= 15 is 0 Å². The van der Waals surface area contributed by atoms with Crippen LogP contribution in [0, 0.1) is 6.92 Å². The molecule has 1 heterocycles. The minimum Gasteiger partial charge on any atom is -0.305 e. The largest absolute Gasteiger partial charge is 0.305 e. The zero-order valence-electron chi connectivity index (χ0n) is 11.2. The van der Waals surface area contributed by atoms with Gasteiger partial charge in [0.2, 0.25) is 0 Å². The number of nitrogens with zero attached hydrogens (tertiary/aromatic N) is 1. The third kappa shape index (κ3) is 4.03. The molecule has 0 aromatic heterocycles. The lowest BCUT2D eigenvalue weighted by molar-refractivity contribution is -0.118. The lowest BCUT2D eigenvalue weighted by Crippen LogP contribution is -2.47. The van der Waals surface area contributed by atoms with E-state index < -0.39 is 25.6 Å². The SMILES string of the molecule is Cc1cccc(N(C(=O)C(Cl)(Cl)Cl)C2CCS(=O)(=O)C2)c1. The summed E-state index contributed by atoms with van der Waals surface area (Å²) in [6.45, 7) is 1.87. The molecular weight excluding hydrogens is 357 g/mol. The van der Waals surface area contributed by atoms with Crippen LogP contribution < -0.4 is 4.90 Å². The Balaban J connectivity index is 2.43. The van der Waals surface area contributed by atoms with Crippen molar-refractivity contribution in [3.63, 3.8) is 0 Å². The van der Waals surface area contributed by atoms with Gasteiger partial charge < -0.3 is 4.90 Å². The maximum atomic E-state index is 12.4. The van der Waals surface area contributed by atoms with Gasteiger partial charge in [-0.3, -0.25) is 4.79 Å². The molecule has 1 fully saturated rings. The fourth-order valence-corrected chi connectivity index (χ4v) is 4.36. The first-order valence-electron chi connectivity index (χ1n) is 6.28. The maximum Gasteiger partial charge on any atom is 0.279 e. The van der Waals surface area contributed by atoms with Gasteiger partial charge in [-0.15, -0.1) is 0 Å². The summed E-state index contributed by atoms with van der Waals surface area (Å²) in [4.78, 5) is 13.7. The predicted octanol–water partition coefficient (Wildman–Crippen LogP) is 2.89. The van der Waals surface area contributed by atoms with E-state index in [2.05, 4.69) is 0 Å². The van der Waals surface area contributed by atoms with Crippen LogP contribution >= 0.6 is 34.8 Å². The summed E-state index contributed by atoms with van der Waals surface area (Å²) in [5.74, 6) is -0.819. The molecule has 1 atom stereocenters. The van der Waals surface area contributed by atoms with Crippen LogP contribution in [0.5, 0.6) is 0 Å². The monoisotopic (exact) mass is 369 g/mol. The van der Waals surface area contributed by atoms with Gasteiger partial charge in [0.25, 0.3) is 9.70 Å². The van der Waals surface area contributed by atoms with Crippen molar-refractivity contribution < 1.29 is 13.2 Å². The Labute approximate surface area is 138 Å². The van der Waals surface area contributed by atoms with Crippen molar-refractivity contribution in [3.8, 4) is 0 Å². The normalized spacial score (nSPS) is 21.2. The van der Waals surface area contributed by atoms with Crippen molar-refractivity contribution in [1.29, 1.82) is 0 Å². The molecule has 1 aliphatic rings. The Hall–Kier alpha value is -0.490. The summed E-state index contributed by atoms with van der Waals surface area (Å²) in [6, 6.07) is 6.59. The third-order valence-electron chi connectivity index (χ3n) is 3.31. The quantitative estimate of drug-likeness (QED) is 0.752. The molecule has 0 N–H and O–H groups in total. The summed E-state index contributed by atoms with van der Waals surface area (Å²) in [7, 11) is -3.16. The lowest BCUT2D eigenvalue weighted by Gasteiger charge is -2.31. The number of alkyl halides is 3. The number of aryl methyl sites for hydroxylation is 1. The Morgan fingerprint density at radius 1 is 1.33 bits per heavy atom. The zero-order chi connectivity index (χ0) is 15.8. The molecule has 1 aromatic rings. The number of hydrogen-bond donors (Lipinski definition) is 0. The van der Waals surface area contributed by atoms with Gasteiger partial charge in [-0.2, -0.15) is 0 Å². The van der Waals surface area contributed by atoms with Gasteiger partial charge in [-0.05, 0) is 31.0 Å². The van der Waals surface area contributed by atoms with E-state index in [0.29, 0.717) is 12.1 Å². The van der Waals surface area contributed by atoms with Gasteiger partial charge >= 0.3 is 0 Å². The number of rotatable bonds is 2. The van der Waals surface area contributed by atoms with E-state index in [4.69, 9.17) is 34.8 Å². The average molecular weight is 371 g/mol. The number of anilines is 1. The molecule has 0 saturated carbocycles. The summed E-state index contributed by atoms with van der Waals surface area (Å²) in [5.41, 5.74) is 1.46. The topological polar surface area (TPSA) is 54.5 Å². The van der Waals surface area contributed by atoms with Crippen molar-refractivity contribution in [2.45, 2.75) is 23.2 Å². The molecule has 0 radical (unpaired) electrons. The highest BCUT2D eigenvalue weighted by Crippen LogP contribution is 2.34. The first-order valence-corrected chi connectivity index (χ1v) is 9.23. The Morgan fingerprint density at radius 3 is 2.48 bits per heavy atom. The molecular formula is C13H14Cl3NO3S. The van der Waals surface area contributed by atoms with Crippen LogP contribution in [0.25, 0.3) is 0 Å². The van der Waals surface area contributed by atoms with Crippen LogP contribution in [0.4, 0.5) is 5.69 Å². The molecule has 1 aromatic carbocycles. The van der Waals surface area contributed by atoms with E-state index in [9.17, 15) is 13.2 Å². The average Bonchev–Trinajstić information content (AvgIpc) is 2.68. The summed E-state index contributed by atoms with van der Waals surface area (Å²) in [5, 5.41) is 0. The molecule has 8 heteroatoms. The van der Waals surface area contributed by atoms with Crippen LogP contribution in [0.3, 0.4) is 0 Å². The van der Waals surface area contributed by atoms with E-state index in [1.165, 1.54) is 4.90 Å². The van der Waals surface area contributed by atoms with Gasteiger partial charge in [0, 0.05) is 5.69 Å². The van der Waals surface area contributed by atoms with E-state index in [0.717, 1.165) is 5.56 Å². The Kier molecular flexibility index (Phi) is 4.78. The second-order valence-corrected chi connectivity index (χ2v) is 9.58. The van der Waals surface area contributed by atoms with Crippen molar-refractivity contribution in [2.24, 2.45) is 0 Å². The summed E-state index contributed by atoms with van der Waals surface area (Å²) < 4.78 is 21.2. The molecule has 0 aliphatic carbocycles. The number of amides is 1. The first kappa shape index (κ1) is 16.9. The predicted molar refractivity (Wildman–Crippen MR) is 86.0 cm³/mol. The van der Waals surface area contributed by atoms with Crippen LogP contribution in [0.15, 0.2) is 24.3 Å². The molecule has 1 unspecified atom stereocenters. The number of carbonyl (C=O) groups excluding carboxylic acids is 1. The van der Waals surface area contributed by atoms with Gasteiger partial charge in [-0.1, -0.05) is 46.9 Å². The minimum absolute atomic E-state index is 0.0348. The first-order chi connectivity index (χ1) is 9.60. The Bertz CT molecular complexity index is 655.